The Morgan fingerprint density at radius 2 is 1.67 bits per heavy atom. The van der Waals surface area contributed by atoms with Gasteiger partial charge in [0.05, 0.1) is 5.52 Å². The number of amides is 2. The van der Waals surface area contributed by atoms with Gasteiger partial charge in [0, 0.05) is 75.8 Å². The Morgan fingerprint density at radius 3 is 2.41 bits per heavy atom. The van der Waals surface area contributed by atoms with Gasteiger partial charge in [-0.15, -0.1) is 0 Å². The summed E-state index contributed by atoms with van der Waals surface area (Å²) < 4.78 is 0. The maximum atomic E-state index is 12.8. The molecule has 8 nitrogen and oxygen atoms in total. The van der Waals surface area contributed by atoms with Crippen molar-refractivity contribution in [3.05, 3.63) is 65.7 Å². The average molecular weight is 529 g/mol. The summed E-state index contributed by atoms with van der Waals surface area (Å²) in [7, 11) is 2.15. The van der Waals surface area contributed by atoms with Crippen LogP contribution in [0.15, 0.2) is 54.6 Å². The molecular formula is C31H40N6O2. The van der Waals surface area contributed by atoms with Gasteiger partial charge in [-0.3, -0.25) is 9.59 Å². The number of nitrogens with one attached hydrogen (secondary N) is 2. The van der Waals surface area contributed by atoms with Crippen molar-refractivity contribution in [3.8, 4) is 0 Å². The second-order valence-electron chi connectivity index (χ2n) is 10.9. The molecule has 3 aromatic rings. The van der Waals surface area contributed by atoms with Crippen LogP contribution in [0.4, 0.5) is 11.5 Å². The van der Waals surface area contributed by atoms with E-state index in [2.05, 4.69) is 64.7 Å². The molecule has 0 spiro atoms. The smallest absolute Gasteiger partial charge is 0.224 e. The second-order valence-corrected chi connectivity index (χ2v) is 10.9. The van der Waals surface area contributed by atoms with Crippen LogP contribution in [-0.4, -0.2) is 79.0 Å². The van der Waals surface area contributed by atoms with E-state index in [1.807, 2.05) is 29.2 Å². The lowest BCUT2D eigenvalue weighted by atomic mass is 10.0. The first-order chi connectivity index (χ1) is 18.9. The molecule has 0 atom stereocenters. The Morgan fingerprint density at radius 1 is 0.923 bits per heavy atom. The molecule has 0 unspecified atom stereocenters. The lowest BCUT2D eigenvalue weighted by Gasteiger charge is -2.33. The first-order valence-electron chi connectivity index (χ1n) is 14.1. The fourth-order valence-corrected chi connectivity index (χ4v) is 5.44. The number of carbonyl (C=O) groups excluding carboxylic acids is 2. The van der Waals surface area contributed by atoms with Crippen LogP contribution in [0, 0.1) is 6.92 Å². The Kier molecular flexibility index (Phi) is 8.74. The molecule has 0 radical (unpaired) electrons. The minimum atomic E-state index is -0.137. The molecule has 0 aliphatic carbocycles. The van der Waals surface area contributed by atoms with Gasteiger partial charge in [-0.25, -0.2) is 4.98 Å². The van der Waals surface area contributed by atoms with Crippen molar-refractivity contribution in [3.63, 3.8) is 0 Å². The summed E-state index contributed by atoms with van der Waals surface area (Å²) in [5.74, 6) is 0.933. The molecule has 5 rings (SSSR count). The van der Waals surface area contributed by atoms with Crippen LogP contribution in [-0.2, 0) is 16.1 Å². The van der Waals surface area contributed by atoms with Gasteiger partial charge in [-0.05, 0) is 62.2 Å². The largest absolute Gasteiger partial charge is 0.354 e. The minimum Gasteiger partial charge on any atom is -0.354 e. The topological polar surface area (TPSA) is 80.8 Å². The van der Waals surface area contributed by atoms with Crippen molar-refractivity contribution in [2.45, 2.75) is 45.2 Å². The van der Waals surface area contributed by atoms with Crippen LogP contribution in [0.3, 0.4) is 0 Å². The van der Waals surface area contributed by atoms with E-state index in [0.717, 1.165) is 86.6 Å². The lowest BCUT2D eigenvalue weighted by Crippen LogP contribution is -2.44. The number of carbonyl (C=O) groups is 2. The number of pyridine rings is 1. The predicted molar refractivity (Wildman–Crippen MR) is 157 cm³/mol. The third-order valence-corrected chi connectivity index (χ3v) is 7.96. The first kappa shape index (κ1) is 27.1. The summed E-state index contributed by atoms with van der Waals surface area (Å²) in [5, 5.41) is 7.61. The third kappa shape index (κ3) is 7.13. The van der Waals surface area contributed by atoms with E-state index in [-0.39, 0.29) is 24.7 Å². The second kappa shape index (κ2) is 12.6. The molecule has 0 bridgehead atoms. The number of likely N-dealkylation sites (tertiary alicyclic amines) is 1. The van der Waals surface area contributed by atoms with Crippen molar-refractivity contribution in [2.75, 3.05) is 56.5 Å². The summed E-state index contributed by atoms with van der Waals surface area (Å²) in [6, 6.07) is 18.8. The average Bonchev–Trinajstić information content (AvgIpc) is 2.96. The molecule has 2 aliphatic heterocycles. The number of piperazine rings is 1. The van der Waals surface area contributed by atoms with Gasteiger partial charge in [-0.2, -0.15) is 0 Å². The highest BCUT2D eigenvalue weighted by atomic mass is 16.2. The maximum absolute atomic E-state index is 12.8. The number of aryl methyl sites for hydroxylation is 1. The number of hydrogen-bond donors (Lipinski definition) is 2. The molecule has 2 aliphatic rings. The van der Waals surface area contributed by atoms with Crippen molar-refractivity contribution >= 4 is 34.2 Å². The number of benzene rings is 2. The molecule has 0 saturated carbocycles. The number of nitrogens with zero attached hydrogens (tertiary/aromatic N) is 4. The third-order valence-electron chi connectivity index (χ3n) is 7.96. The Bertz CT molecular complexity index is 1280. The van der Waals surface area contributed by atoms with E-state index in [1.165, 1.54) is 5.56 Å². The molecule has 2 amide bonds. The summed E-state index contributed by atoms with van der Waals surface area (Å²) >= 11 is 0. The molecule has 2 fully saturated rings. The van der Waals surface area contributed by atoms with E-state index < -0.39 is 0 Å². The predicted octanol–water partition coefficient (Wildman–Crippen LogP) is 3.79. The first-order valence-corrected chi connectivity index (χ1v) is 14.1. The Balaban J connectivity index is 1.08. The van der Waals surface area contributed by atoms with Crippen LogP contribution in [0.5, 0.6) is 0 Å². The summed E-state index contributed by atoms with van der Waals surface area (Å²) in [6.45, 7) is 8.44. The molecule has 39 heavy (non-hydrogen) atoms. The summed E-state index contributed by atoms with van der Waals surface area (Å²) in [4.78, 5) is 36.9. The SMILES string of the molecule is Cc1cc(N2CCN(C)CC2)nc2ccc(NC(=O)CCC(=O)N3CCC(NCc4ccccc4)CC3)cc12. The highest BCUT2D eigenvalue weighted by Crippen LogP contribution is 2.26. The molecule has 2 saturated heterocycles. The fourth-order valence-electron chi connectivity index (χ4n) is 5.44. The van der Waals surface area contributed by atoms with Gasteiger partial charge in [0.25, 0.3) is 0 Å². The van der Waals surface area contributed by atoms with Crippen molar-refractivity contribution in [1.29, 1.82) is 0 Å². The van der Waals surface area contributed by atoms with E-state index in [9.17, 15) is 9.59 Å². The number of rotatable bonds is 8. The molecule has 2 N–H and O–H groups in total. The van der Waals surface area contributed by atoms with Gasteiger partial charge >= 0.3 is 0 Å². The molecule has 206 valence electrons. The fraction of sp³-hybridized carbons (Fsp3) is 0.452. The van der Waals surface area contributed by atoms with E-state index >= 15 is 0 Å². The van der Waals surface area contributed by atoms with E-state index in [4.69, 9.17) is 4.98 Å². The Labute approximate surface area is 231 Å². The van der Waals surface area contributed by atoms with Gasteiger partial charge in [0.1, 0.15) is 5.82 Å². The minimum absolute atomic E-state index is 0.0571. The summed E-state index contributed by atoms with van der Waals surface area (Å²) in [5.41, 5.74) is 4.08. The van der Waals surface area contributed by atoms with Crippen molar-refractivity contribution < 1.29 is 9.59 Å². The molecule has 3 heterocycles. The zero-order valence-electron chi connectivity index (χ0n) is 23.2. The maximum Gasteiger partial charge on any atom is 0.224 e. The number of hydrogen-bond acceptors (Lipinski definition) is 6. The molecular weight excluding hydrogens is 488 g/mol. The number of aromatic nitrogens is 1. The van der Waals surface area contributed by atoms with Crippen LogP contribution in [0.1, 0.15) is 36.8 Å². The standard InChI is InChI=1S/C31H40N6O2/c1-23-20-29(36-18-16-35(2)17-19-36)34-28-9-8-26(21-27(23)28)33-30(38)10-11-31(39)37-14-12-25(13-15-37)32-22-24-6-4-3-5-7-24/h3-9,20-21,25,32H,10-19,22H2,1-2H3,(H,33,38). The molecule has 1 aromatic heterocycles. The monoisotopic (exact) mass is 528 g/mol. The van der Waals surface area contributed by atoms with Crippen molar-refractivity contribution in [2.24, 2.45) is 0 Å². The van der Waals surface area contributed by atoms with Gasteiger partial charge in [-0.1, -0.05) is 30.3 Å². The number of piperidine rings is 1. The van der Waals surface area contributed by atoms with Crippen LogP contribution in [0.2, 0.25) is 0 Å². The van der Waals surface area contributed by atoms with Gasteiger partial charge in [0.15, 0.2) is 0 Å². The quantitative estimate of drug-likeness (QED) is 0.463. The zero-order valence-corrected chi connectivity index (χ0v) is 23.2. The van der Waals surface area contributed by atoms with Gasteiger partial charge < -0.3 is 25.3 Å². The van der Waals surface area contributed by atoms with Gasteiger partial charge in [0.2, 0.25) is 11.8 Å². The number of fused-ring (bicyclic) bond motifs is 1. The van der Waals surface area contributed by atoms with E-state index in [1.54, 1.807) is 0 Å². The summed E-state index contributed by atoms with van der Waals surface area (Å²) in [6.07, 6.45) is 2.29. The highest BCUT2D eigenvalue weighted by Gasteiger charge is 2.23. The number of likely N-dealkylation sites (N-methyl/N-ethyl adjacent to an activating group) is 1. The highest BCUT2D eigenvalue weighted by molar-refractivity contribution is 5.96. The van der Waals surface area contributed by atoms with Crippen LogP contribution in [0.25, 0.3) is 10.9 Å². The van der Waals surface area contributed by atoms with Crippen molar-refractivity contribution in [1.82, 2.24) is 20.1 Å². The lowest BCUT2D eigenvalue weighted by molar-refractivity contribution is -0.133. The zero-order chi connectivity index (χ0) is 27.2. The number of anilines is 2. The van der Waals surface area contributed by atoms with Crippen LogP contribution < -0.4 is 15.5 Å². The van der Waals surface area contributed by atoms with Crippen LogP contribution >= 0.6 is 0 Å². The van der Waals surface area contributed by atoms with E-state index in [0.29, 0.717) is 6.04 Å². The molecule has 2 aromatic carbocycles. The Hall–Kier alpha value is -3.49. The normalized spacial score (nSPS) is 17.0. The molecule has 8 heteroatoms.